The van der Waals surface area contributed by atoms with Crippen molar-refractivity contribution in [2.75, 3.05) is 17.1 Å². The van der Waals surface area contributed by atoms with E-state index in [1.54, 1.807) is 37.3 Å². The summed E-state index contributed by atoms with van der Waals surface area (Å²) in [5.74, 6) is -0.672. The molecule has 0 radical (unpaired) electrons. The van der Waals surface area contributed by atoms with Gasteiger partial charge in [-0.1, -0.05) is 59.1 Å². The molecule has 2 aromatic carbocycles. The van der Waals surface area contributed by atoms with Gasteiger partial charge in [0.15, 0.2) is 0 Å². The Balaban J connectivity index is 1.86. The highest BCUT2D eigenvalue weighted by Gasteiger charge is 2.31. The van der Waals surface area contributed by atoms with E-state index >= 15 is 0 Å². The van der Waals surface area contributed by atoms with Crippen LogP contribution in [0.15, 0.2) is 59.1 Å². The summed E-state index contributed by atoms with van der Waals surface area (Å²) < 4.78 is 26.9. The Labute approximate surface area is 204 Å². The Morgan fingerprint density at radius 3 is 2.36 bits per heavy atom. The number of nitrogens with zero attached hydrogens (tertiary/aromatic N) is 2. The van der Waals surface area contributed by atoms with Crippen molar-refractivity contribution in [3.63, 3.8) is 0 Å². The molecular formula is C24H30BrN3O4S. The van der Waals surface area contributed by atoms with Gasteiger partial charge in [0, 0.05) is 17.1 Å². The highest BCUT2D eigenvalue weighted by atomic mass is 79.9. The first-order valence-electron chi connectivity index (χ1n) is 11.0. The van der Waals surface area contributed by atoms with Gasteiger partial charge in [-0.2, -0.15) is 0 Å². The van der Waals surface area contributed by atoms with E-state index in [4.69, 9.17) is 0 Å². The molecular weight excluding hydrogens is 506 g/mol. The molecule has 0 bridgehead atoms. The minimum absolute atomic E-state index is 0.125. The van der Waals surface area contributed by atoms with Crippen LogP contribution in [-0.2, 0) is 26.2 Å². The van der Waals surface area contributed by atoms with Crippen molar-refractivity contribution >= 4 is 43.5 Å². The molecule has 1 atom stereocenters. The predicted molar refractivity (Wildman–Crippen MR) is 133 cm³/mol. The molecule has 0 heterocycles. The summed E-state index contributed by atoms with van der Waals surface area (Å²) in [6.45, 7) is 1.48. The Kier molecular flexibility index (Phi) is 8.53. The first kappa shape index (κ1) is 25.2. The van der Waals surface area contributed by atoms with Gasteiger partial charge in [-0.05, 0) is 49.6 Å². The van der Waals surface area contributed by atoms with Crippen LogP contribution in [0.2, 0.25) is 0 Å². The molecule has 0 saturated heterocycles. The molecule has 7 nitrogen and oxygen atoms in total. The van der Waals surface area contributed by atoms with E-state index in [1.807, 2.05) is 24.3 Å². The zero-order valence-corrected chi connectivity index (χ0v) is 21.3. The van der Waals surface area contributed by atoms with Crippen LogP contribution >= 0.6 is 15.9 Å². The average Bonchev–Trinajstić information content (AvgIpc) is 3.28. The van der Waals surface area contributed by atoms with E-state index in [0.29, 0.717) is 5.69 Å². The number of hydrogen-bond donors (Lipinski definition) is 1. The zero-order valence-electron chi connectivity index (χ0n) is 18.9. The van der Waals surface area contributed by atoms with E-state index in [9.17, 15) is 18.0 Å². The zero-order chi connectivity index (χ0) is 24.0. The largest absolute Gasteiger partial charge is 0.352 e. The number of para-hydroxylation sites is 1. The lowest BCUT2D eigenvalue weighted by Gasteiger charge is -2.32. The maximum absolute atomic E-state index is 13.5. The summed E-state index contributed by atoms with van der Waals surface area (Å²) in [6, 6.07) is 15.4. The summed E-state index contributed by atoms with van der Waals surface area (Å²) in [4.78, 5) is 27.9. The lowest BCUT2D eigenvalue weighted by atomic mass is 10.1. The molecule has 1 aliphatic rings. The van der Waals surface area contributed by atoms with Gasteiger partial charge < -0.3 is 10.2 Å². The number of amides is 2. The van der Waals surface area contributed by atoms with E-state index < -0.39 is 28.5 Å². The second-order valence-corrected chi connectivity index (χ2v) is 11.2. The Morgan fingerprint density at radius 1 is 1.09 bits per heavy atom. The predicted octanol–water partition coefficient (Wildman–Crippen LogP) is 3.69. The first-order chi connectivity index (χ1) is 15.6. The van der Waals surface area contributed by atoms with Gasteiger partial charge in [0.05, 0.1) is 11.9 Å². The minimum Gasteiger partial charge on any atom is -0.352 e. The van der Waals surface area contributed by atoms with Crippen LogP contribution < -0.4 is 9.62 Å². The van der Waals surface area contributed by atoms with Crippen molar-refractivity contribution in [2.24, 2.45) is 0 Å². The van der Waals surface area contributed by atoms with Crippen molar-refractivity contribution in [2.45, 2.75) is 51.2 Å². The van der Waals surface area contributed by atoms with E-state index in [1.165, 1.54) is 4.90 Å². The molecule has 33 heavy (non-hydrogen) atoms. The number of rotatable bonds is 9. The highest BCUT2D eigenvalue weighted by molar-refractivity contribution is 9.10. The number of hydrogen-bond acceptors (Lipinski definition) is 4. The van der Waals surface area contributed by atoms with Crippen molar-refractivity contribution in [1.82, 2.24) is 10.2 Å². The number of sulfonamides is 1. The second-order valence-electron chi connectivity index (χ2n) is 8.42. The smallest absolute Gasteiger partial charge is 0.244 e. The number of benzene rings is 2. The fourth-order valence-corrected chi connectivity index (χ4v) is 5.31. The molecule has 3 rings (SSSR count). The molecule has 9 heteroatoms. The number of nitrogens with one attached hydrogen (secondary N) is 1. The van der Waals surface area contributed by atoms with Gasteiger partial charge >= 0.3 is 0 Å². The molecule has 178 valence electrons. The van der Waals surface area contributed by atoms with Gasteiger partial charge in [0.25, 0.3) is 0 Å². The van der Waals surface area contributed by atoms with Gasteiger partial charge in [0.1, 0.15) is 12.6 Å². The van der Waals surface area contributed by atoms with E-state index in [0.717, 1.165) is 46.3 Å². The van der Waals surface area contributed by atoms with Crippen molar-refractivity contribution < 1.29 is 18.0 Å². The SMILES string of the molecule is C[C@H](C(=O)NC1CCCC1)N(Cc1cccc(Br)c1)C(=O)CN(c1ccccc1)S(C)(=O)=O. The van der Waals surface area contributed by atoms with Crippen molar-refractivity contribution in [3.05, 3.63) is 64.6 Å². The quantitative estimate of drug-likeness (QED) is 0.530. The van der Waals surface area contributed by atoms with Gasteiger partial charge in [-0.3, -0.25) is 13.9 Å². The number of carbonyl (C=O) groups is 2. The second kappa shape index (κ2) is 11.2. The molecule has 0 aromatic heterocycles. The van der Waals surface area contributed by atoms with Crippen LogP contribution in [0.4, 0.5) is 5.69 Å². The molecule has 2 amide bonds. The fourth-order valence-electron chi connectivity index (χ4n) is 4.01. The first-order valence-corrected chi connectivity index (χ1v) is 13.7. The van der Waals surface area contributed by atoms with Crippen LogP contribution in [0.1, 0.15) is 38.2 Å². The number of anilines is 1. The maximum atomic E-state index is 13.5. The average molecular weight is 536 g/mol. The third-order valence-electron chi connectivity index (χ3n) is 5.83. The minimum atomic E-state index is -3.71. The van der Waals surface area contributed by atoms with Crippen LogP contribution in [0.5, 0.6) is 0 Å². The maximum Gasteiger partial charge on any atom is 0.244 e. The van der Waals surface area contributed by atoms with Crippen LogP contribution in [0.3, 0.4) is 0 Å². The topological polar surface area (TPSA) is 86.8 Å². The number of carbonyl (C=O) groups excluding carboxylic acids is 2. The Bertz CT molecular complexity index is 1070. The number of halogens is 1. The lowest BCUT2D eigenvalue weighted by molar-refractivity contribution is -0.139. The third kappa shape index (κ3) is 7.04. The molecule has 0 spiro atoms. The fraction of sp³-hybridized carbons (Fsp3) is 0.417. The molecule has 1 aliphatic carbocycles. The molecule has 2 aromatic rings. The summed E-state index contributed by atoms with van der Waals surface area (Å²) in [5, 5.41) is 3.05. The molecule has 0 unspecified atom stereocenters. The molecule has 1 fully saturated rings. The van der Waals surface area contributed by atoms with Crippen LogP contribution in [0.25, 0.3) is 0 Å². The summed E-state index contributed by atoms with van der Waals surface area (Å²) >= 11 is 3.44. The van der Waals surface area contributed by atoms with Gasteiger partial charge in [0.2, 0.25) is 21.8 Å². The van der Waals surface area contributed by atoms with Crippen molar-refractivity contribution in [3.8, 4) is 0 Å². The Morgan fingerprint density at radius 2 is 1.76 bits per heavy atom. The summed E-state index contributed by atoms with van der Waals surface area (Å²) in [5.41, 5.74) is 1.24. The standard InChI is InChI=1S/C24H30BrN3O4S/c1-18(24(30)26-21-11-6-7-12-21)27(16-19-9-8-10-20(25)15-19)23(29)17-28(33(2,31)32)22-13-4-3-5-14-22/h3-5,8-10,13-15,18,21H,6-7,11-12,16-17H2,1-2H3,(H,26,30)/t18-/m1/s1. The lowest BCUT2D eigenvalue weighted by Crippen LogP contribution is -2.52. The Hall–Kier alpha value is -2.39. The van der Waals surface area contributed by atoms with E-state index in [2.05, 4.69) is 21.2 Å². The van der Waals surface area contributed by atoms with Crippen molar-refractivity contribution in [1.29, 1.82) is 0 Å². The third-order valence-corrected chi connectivity index (χ3v) is 7.47. The van der Waals surface area contributed by atoms with E-state index in [-0.39, 0.29) is 18.5 Å². The summed E-state index contributed by atoms with van der Waals surface area (Å²) in [6.07, 6.45) is 5.12. The van der Waals surface area contributed by atoms with Crippen LogP contribution in [-0.4, -0.2) is 50.0 Å². The van der Waals surface area contributed by atoms with Gasteiger partial charge in [-0.15, -0.1) is 0 Å². The van der Waals surface area contributed by atoms with Crippen LogP contribution in [0, 0.1) is 0 Å². The molecule has 1 N–H and O–H groups in total. The van der Waals surface area contributed by atoms with Gasteiger partial charge in [-0.25, -0.2) is 8.42 Å². The molecule has 0 aliphatic heterocycles. The highest BCUT2D eigenvalue weighted by Crippen LogP contribution is 2.21. The molecule has 1 saturated carbocycles. The normalized spacial score (nSPS) is 15.1. The monoisotopic (exact) mass is 535 g/mol. The summed E-state index contributed by atoms with van der Waals surface area (Å²) in [7, 11) is -3.71.